The molecule has 1 aromatic rings. The van der Waals surface area contributed by atoms with Crippen LogP contribution in [0.1, 0.15) is 10.6 Å². The van der Waals surface area contributed by atoms with Gasteiger partial charge in [0.2, 0.25) is 0 Å². The number of amides is 1. The van der Waals surface area contributed by atoms with Crippen molar-refractivity contribution in [3.05, 3.63) is 24.2 Å². The lowest BCUT2D eigenvalue weighted by atomic mass is 10.2. The van der Waals surface area contributed by atoms with Gasteiger partial charge in [-0.15, -0.1) is 0 Å². The molecule has 2 N–H and O–H groups in total. The quantitative estimate of drug-likeness (QED) is 0.702. The summed E-state index contributed by atoms with van der Waals surface area (Å²) in [4.78, 5) is 13.3. The molecule has 0 radical (unpaired) electrons. The van der Waals surface area contributed by atoms with Crippen molar-refractivity contribution >= 4 is 5.91 Å². The monoisotopic (exact) mass is 210 g/mol. The Kier molecular flexibility index (Phi) is 2.75. The summed E-state index contributed by atoms with van der Waals surface area (Å²) in [7, 11) is 1.67. The second-order valence-electron chi connectivity index (χ2n) is 3.69. The van der Waals surface area contributed by atoms with Gasteiger partial charge in [-0.1, -0.05) is 0 Å². The molecule has 1 saturated heterocycles. The van der Waals surface area contributed by atoms with Crippen molar-refractivity contribution < 1.29 is 14.3 Å². The van der Waals surface area contributed by atoms with E-state index in [-0.39, 0.29) is 11.9 Å². The van der Waals surface area contributed by atoms with E-state index >= 15 is 0 Å². The molecule has 2 atom stereocenters. The Hall–Kier alpha value is -1.33. The van der Waals surface area contributed by atoms with E-state index in [0.717, 1.165) is 0 Å². The molecular formula is C10H14N2O3. The number of aliphatic hydroxyl groups is 1. The number of β-amino-alcohol motifs (C(OH)–C–C–N with tert-alkyl or cyclic N) is 1. The summed E-state index contributed by atoms with van der Waals surface area (Å²) in [6, 6.07) is 3.11. The first-order chi connectivity index (χ1) is 7.20. The van der Waals surface area contributed by atoms with Crippen molar-refractivity contribution in [2.75, 3.05) is 20.1 Å². The van der Waals surface area contributed by atoms with Crippen LogP contribution in [0.4, 0.5) is 0 Å². The third kappa shape index (κ3) is 1.88. The van der Waals surface area contributed by atoms with Crippen molar-refractivity contribution in [3.63, 3.8) is 0 Å². The van der Waals surface area contributed by atoms with Gasteiger partial charge in [-0.25, -0.2) is 0 Å². The number of aliphatic hydroxyl groups excluding tert-OH is 1. The third-order valence-electron chi connectivity index (χ3n) is 2.70. The fraction of sp³-hybridized carbons (Fsp3) is 0.500. The maximum Gasteiger partial charge on any atom is 0.289 e. The van der Waals surface area contributed by atoms with Crippen LogP contribution >= 0.6 is 0 Å². The maximum atomic E-state index is 11.8. The standard InChI is InChI=1S/C10H14N2O3/c1-12(7-5-11-6-8(7)13)10(14)9-3-2-4-15-9/h2-4,7-8,11,13H,5-6H2,1H3. The number of furan rings is 1. The number of nitrogens with one attached hydrogen (secondary N) is 1. The Labute approximate surface area is 87.7 Å². The van der Waals surface area contributed by atoms with Gasteiger partial charge in [-0.05, 0) is 12.1 Å². The van der Waals surface area contributed by atoms with Crippen molar-refractivity contribution in [1.82, 2.24) is 10.2 Å². The molecule has 5 heteroatoms. The van der Waals surface area contributed by atoms with Crippen LogP contribution in [0.3, 0.4) is 0 Å². The molecule has 1 aromatic heterocycles. The predicted octanol–water partition coefficient (Wildman–Crippen LogP) is -0.316. The summed E-state index contributed by atoms with van der Waals surface area (Å²) in [5.41, 5.74) is 0. The number of carbonyl (C=O) groups excluding carboxylic acids is 1. The molecule has 0 bridgehead atoms. The summed E-state index contributed by atoms with van der Waals surface area (Å²) < 4.78 is 5.02. The molecule has 1 aliphatic heterocycles. The first kappa shape index (κ1) is 10.2. The molecule has 5 nitrogen and oxygen atoms in total. The molecule has 2 unspecified atom stereocenters. The van der Waals surface area contributed by atoms with Crippen LogP contribution < -0.4 is 5.32 Å². The van der Waals surface area contributed by atoms with Gasteiger partial charge in [0.05, 0.1) is 18.4 Å². The van der Waals surface area contributed by atoms with Crippen LogP contribution in [0.15, 0.2) is 22.8 Å². The Morgan fingerprint density at radius 3 is 3.00 bits per heavy atom. The second-order valence-corrected chi connectivity index (χ2v) is 3.69. The minimum Gasteiger partial charge on any atom is -0.459 e. The molecule has 2 rings (SSSR count). The number of hydrogen-bond donors (Lipinski definition) is 2. The molecule has 1 fully saturated rings. The molecule has 1 amide bonds. The Morgan fingerprint density at radius 1 is 1.67 bits per heavy atom. The van der Waals surface area contributed by atoms with E-state index in [1.54, 1.807) is 19.2 Å². The SMILES string of the molecule is CN(C(=O)c1ccco1)C1CNCC1O. The predicted molar refractivity (Wildman–Crippen MR) is 53.5 cm³/mol. The normalized spacial score (nSPS) is 25.5. The molecule has 0 spiro atoms. The van der Waals surface area contributed by atoms with Gasteiger partial charge in [-0.3, -0.25) is 4.79 Å². The average molecular weight is 210 g/mol. The van der Waals surface area contributed by atoms with Gasteiger partial charge in [0.25, 0.3) is 5.91 Å². The summed E-state index contributed by atoms with van der Waals surface area (Å²) in [5, 5.41) is 12.6. The van der Waals surface area contributed by atoms with Crippen molar-refractivity contribution in [2.24, 2.45) is 0 Å². The summed E-state index contributed by atoms with van der Waals surface area (Å²) in [5.74, 6) is 0.101. The van der Waals surface area contributed by atoms with Crippen LogP contribution in [0.25, 0.3) is 0 Å². The van der Waals surface area contributed by atoms with Crippen LogP contribution in [0.5, 0.6) is 0 Å². The van der Waals surface area contributed by atoms with E-state index in [2.05, 4.69) is 5.32 Å². The topological polar surface area (TPSA) is 65.7 Å². The molecule has 0 saturated carbocycles. The van der Waals surface area contributed by atoms with Gasteiger partial charge in [0.15, 0.2) is 5.76 Å². The van der Waals surface area contributed by atoms with Gasteiger partial charge in [-0.2, -0.15) is 0 Å². The lowest BCUT2D eigenvalue weighted by Crippen LogP contribution is -2.44. The second kappa shape index (κ2) is 4.04. The Bertz CT molecular complexity index is 336. The van der Waals surface area contributed by atoms with Crippen molar-refractivity contribution in [2.45, 2.75) is 12.1 Å². The largest absolute Gasteiger partial charge is 0.459 e. The number of rotatable bonds is 2. The fourth-order valence-corrected chi connectivity index (χ4v) is 1.77. The van der Waals surface area contributed by atoms with E-state index in [1.165, 1.54) is 11.2 Å². The fourth-order valence-electron chi connectivity index (χ4n) is 1.77. The van der Waals surface area contributed by atoms with Crippen LogP contribution in [0.2, 0.25) is 0 Å². The van der Waals surface area contributed by atoms with Gasteiger partial charge < -0.3 is 19.7 Å². The highest BCUT2D eigenvalue weighted by Gasteiger charge is 2.32. The Morgan fingerprint density at radius 2 is 2.47 bits per heavy atom. The number of likely N-dealkylation sites (N-methyl/N-ethyl adjacent to an activating group) is 1. The smallest absolute Gasteiger partial charge is 0.289 e. The lowest BCUT2D eigenvalue weighted by Gasteiger charge is -2.25. The van der Waals surface area contributed by atoms with Gasteiger partial charge in [0, 0.05) is 20.1 Å². The van der Waals surface area contributed by atoms with E-state index in [9.17, 15) is 9.90 Å². The molecule has 0 aliphatic carbocycles. The van der Waals surface area contributed by atoms with Crippen LogP contribution in [-0.2, 0) is 0 Å². The van der Waals surface area contributed by atoms with Crippen molar-refractivity contribution in [3.8, 4) is 0 Å². The zero-order valence-electron chi connectivity index (χ0n) is 8.51. The van der Waals surface area contributed by atoms with E-state index < -0.39 is 6.10 Å². The zero-order valence-corrected chi connectivity index (χ0v) is 8.51. The van der Waals surface area contributed by atoms with Gasteiger partial charge >= 0.3 is 0 Å². The summed E-state index contributed by atoms with van der Waals surface area (Å²) in [6.07, 6.45) is 0.957. The molecule has 2 heterocycles. The lowest BCUT2D eigenvalue weighted by molar-refractivity contribution is 0.0553. The average Bonchev–Trinajstić information content (AvgIpc) is 2.85. The number of carbonyl (C=O) groups is 1. The number of hydrogen-bond acceptors (Lipinski definition) is 4. The van der Waals surface area contributed by atoms with E-state index in [1.807, 2.05) is 0 Å². The molecular weight excluding hydrogens is 196 g/mol. The highest BCUT2D eigenvalue weighted by Crippen LogP contribution is 2.12. The van der Waals surface area contributed by atoms with E-state index in [4.69, 9.17) is 4.42 Å². The third-order valence-corrected chi connectivity index (χ3v) is 2.70. The molecule has 82 valence electrons. The molecule has 0 aromatic carbocycles. The minimum absolute atomic E-state index is 0.178. The highest BCUT2D eigenvalue weighted by molar-refractivity contribution is 5.91. The maximum absolute atomic E-state index is 11.8. The molecule has 15 heavy (non-hydrogen) atoms. The van der Waals surface area contributed by atoms with Gasteiger partial charge in [0.1, 0.15) is 0 Å². The summed E-state index contributed by atoms with van der Waals surface area (Å²) in [6.45, 7) is 1.14. The van der Waals surface area contributed by atoms with Crippen molar-refractivity contribution in [1.29, 1.82) is 0 Å². The highest BCUT2D eigenvalue weighted by atomic mass is 16.3. The Balaban J connectivity index is 2.07. The van der Waals surface area contributed by atoms with Crippen LogP contribution in [-0.4, -0.2) is 48.2 Å². The number of nitrogens with zero attached hydrogens (tertiary/aromatic N) is 1. The minimum atomic E-state index is -0.506. The van der Waals surface area contributed by atoms with Crippen LogP contribution in [0, 0.1) is 0 Å². The van der Waals surface area contributed by atoms with E-state index in [0.29, 0.717) is 18.8 Å². The first-order valence-electron chi connectivity index (χ1n) is 4.89. The molecule has 1 aliphatic rings. The zero-order chi connectivity index (χ0) is 10.8. The first-order valence-corrected chi connectivity index (χ1v) is 4.89. The summed E-state index contributed by atoms with van der Waals surface area (Å²) >= 11 is 0.